The monoisotopic (exact) mass is 361 g/mol. The maximum Gasteiger partial charge on any atom is 0.273 e. The van der Waals surface area contributed by atoms with Gasteiger partial charge in [-0.2, -0.15) is 0 Å². The van der Waals surface area contributed by atoms with Gasteiger partial charge in [-0.15, -0.1) is 0 Å². The minimum absolute atomic E-state index is 0.0951. The molecule has 1 aromatic heterocycles. The number of nitrogens with zero attached hydrogens (tertiary/aromatic N) is 2. The number of nitrogens with one attached hydrogen (secondary N) is 1. The van der Waals surface area contributed by atoms with Gasteiger partial charge in [0.05, 0.1) is 6.54 Å². The molecule has 0 saturated heterocycles. The normalized spacial score (nSPS) is 13.6. The standard InChI is InChI=1S/C20H28FN3O2/c1-5-14(3)22-20(25)18-13-26-19(23-18)12-24(15(4)6-2)11-16-7-9-17(21)10-8-16/h7-10,13-15H,5-6,11-12H2,1-4H3,(H,22,25)/t14-,15+/m0/s1. The number of carbonyl (C=O) groups excluding carboxylic acids is 1. The van der Waals surface area contributed by atoms with E-state index in [2.05, 4.69) is 29.0 Å². The van der Waals surface area contributed by atoms with Crippen LogP contribution in [-0.4, -0.2) is 27.9 Å². The zero-order valence-corrected chi connectivity index (χ0v) is 16.0. The van der Waals surface area contributed by atoms with Gasteiger partial charge in [-0.3, -0.25) is 9.69 Å². The number of rotatable bonds is 9. The molecule has 1 amide bonds. The fraction of sp³-hybridized carbons (Fsp3) is 0.500. The van der Waals surface area contributed by atoms with Gasteiger partial charge in [0.2, 0.25) is 5.89 Å². The summed E-state index contributed by atoms with van der Waals surface area (Å²) in [5, 5.41) is 2.88. The van der Waals surface area contributed by atoms with Crippen LogP contribution in [0.25, 0.3) is 0 Å². The van der Waals surface area contributed by atoms with E-state index in [0.717, 1.165) is 18.4 Å². The van der Waals surface area contributed by atoms with Crippen molar-refractivity contribution in [2.24, 2.45) is 0 Å². The second-order valence-corrected chi connectivity index (χ2v) is 6.70. The number of hydrogen-bond acceptors (Lipinski definition) is 4. The van der Waals surface area contributed by atoms with Crippen LogP contribution < -0.4 is 5.32 Å². The van der Waals surface area contributed by atoms with E-state index in [1.54, 1.807) is 12.1 Å². The summed E-state index contributed by atoms with van der Waals surface area (Å²) < 4.78 is 18.6. The van der Waals surface area contributed by atoms with E-state index in [-0.39, 0.29) is 17.8 Å². The van der Waals surface area contributed by atoms with E-state index >= 15 is 0 Å². The van der Waals surface area contributed by atoms with Crippen LogP contribution in [0.1, 0.15) is 62.5 Å². The van der Waals surface area contributed by atoms with Gasteiger partial charge < -0.3 is 9.73 Å². The van der Waals surface area contributed by atoms with Gasteiger partial charge in [-0.1, -0.05) is 26.0 Å². The maximum atomic E-state index is 13.1. The largest absolute Gasteiger partial charge is 0.447 e. The number of benzene rings is 1. The second kappa shape index (κ2) is 9.48. The molecule has 1 N–H and O–H groups in total. The number of hydrogen-bond donors (Lipinski definition) is 1. The summed E-state index contributed by atoms with van der Waals surface area (Å²) in [5.41, 5.74) is 1.32. The second-order valence-electron chi connectivity index (χ2n) is 6.70. The zero-order valence-electron chi connectivity index (χ0n) is 16.0. The molecule has 6 heteroatoms. The van der Waals surface area contributed by atoms with Crippen LogP contribution in [0, 0.1) is 5.82 Å². The Morgan fingerprint density at radius 2 is 1.88 bits per heavy atom. The Kier molecular flexibility index (Phi) is 7.33. The fourth-order valence-corrected chi connectivity index (χ4v) is 2.51. The van der Waals surface area contributed by atoms with Gasteiger partial charge in [0.1, 0.15) is 12.1 Å². The maximum absolute atomic E-state index is 13.1. The smallest absolute Gasteiger partial charge is 0.273 e. The van der Waals surface area contributed by atoms with E-state index in [1.807, 2.05) is 13.8 Å². The van der Waals surface area contributed by atoms with Crippen molar-refractivity contribution in [3.8, 4) is 0 Å². The molecule has 2 aromatic rings. The molecule has 0 spiro atoms. The molecule has 0 saturated carbocycles. The van der Waals surface area contributed by atoms with E-state index in [4.69, 9.17) is 4.42 Å². The van der Waals surface area contributed by atoms with Crippen LogP contribution in [0.5, 0.6) is 0 Å². The third-order valence-corrected chi connectivity index (χ3v) is 4.63. The first-order chi connectivity index (χ1) is 12.4. The Labute approximate surface area is 154 Å². The van der Waals surface area contributed by atoms with Crippen LogP contribution in [0.15, 0.2) is 34.9 Å². The van der Waals surface area contributed by atoms with Crippen LogP contribution in [0.4, 0.5) is 4.39 Å². The summed E-state index contributed by atoms with van der Waals surface area (Å²) in [5.74, 6) is 0.0400. The molecule has 0 aliphatic rings. The topological polar surface area (TPSA) is 58.4 Å². The molecule has 0 unspecified atom stereocenters. The molecule has 2 rings (SSSR count). The Balaban J connectivity index is 2.06. The van der Waals surface area contributed by atoms with Crippen molar-refractivity contribution >= 4 is 5.91 Å². The Morgan fingerprint density at radius 3 is 2.50 bits per heavy atom. The highest BCUT2D eigenvalue weighted by atomic mass is 19.1. The molecule has 142 valence electrons. The lowest BCUT2D eigenvalue weighted by Gasteiger charge is -2.27. The summed E-state index contributed by atoms with van der Waals surface area (Å²) in [7, 11) is 0. The first-order valence-electron chi connectivity index (χ1n) is 9.16. The van der Waals surface area contributed by atoms with Crippen molar-refractivity contribution in [3.05, 3.63) is 53.5 Å². The van der Waals surface area contributed by atoms with Crippen molar-refractivity contribution in [1.82, 2.24) is 15.2 Å². The SMILES string of the molecule is CC[C@@H](C)N(Cc1ccc(F)cc1)Cc1nc(C(=O)N[C@@H](C)CC)co1. The molecule has 5 nitrogen and oxygen atoms in total. The minimum Gasteiger partial charge on any atom is -0.447 e. The van der Waals surface area contributed by atoms with Crippen molar-refractivity contribution in [2.45, 2.75) is 65.7 Å². The van der Waals surface area contributed by atoms with Crippen LogP contribution in [-0.2, 0) is 13.1 Å². The van der Waals surface area contributed by atoms with Gasteiger partial charge in [0.25, 0.3) is 5.91 Å². The third kappa shape index (κ3) is 5.66. The minimum atomic E-state index is -0.242. The summed E-state index contributed by atoms with van der Waals surface area (Å²) in [6, 6.07) is 6.89. The van der Waals surface area contributed by atoms with E-state index in [0.29, 0.717) is 30.7 Å². The van der Waals surface area contributed by atoms with Gasteiger partial charge in [0.15, 0.2) is 5.69 Å². The van der Waals surface area contributed by atoms with E-state index in [9.17, 15) is 9.18 Å². The van der Waals surface area contributed by atoms with Gasteiger partial charge in [0, 0.05) is 18.6 Å². The Bertz CT molecular complexity index is 699. The lowest BCUT2D eigenvalue weighted by atomic mass is 10.1. The quantitative estimate of drug-likeness (QED) is 0.729. The summed E-state index contributed by atoms with van der Waals surface area (Å²) in [6.07, 6.45) is 3.22. The van der Waals surface area contributed by atoms with Gasteiger partial charge in [-0.05, 0) is 44.4 Å². The molecule has 1 aromatic carbocycles. The number of carbonyl (C=O) groups is 1. The van der Waals surface area contributed by atoms with Gasteiger partial charge in [-0.25, -0.2) is 9.37 Å². The Morgan fingerprint density at radius 1 is 1.19 bits per heavy atom. The fourth-order valence-electron chi connectivity index (χ4n) is 2.51. The highest BCUT2D eigenvalue weighted by molar-refractivity contribution is 5.92. The third-order valence-electron chi connectivity index (χ3n) is 4.63. The van der Waals surface area contributed by atoms with Crippen molar-refractivity contribution in [3.63, 3.8) is 0 Å². The molecular weight excluding hydrogens is 333 g/mol. The highest BCUT2D eigenvalue weighted by Gasteiger charge is 2.19. The average molecular weight is 361 g/mol. The first kappa shape index (κ1) is 20.1. The number of halogens is 1. The molecule has 0 fully saturated rings. The molecule has 2 atom stereocenters. The predicted molar refractivity (Wildman–Crippen MR) is 99.1 cm³/mol. The lowest BCUT2D eigenvalue weighted by molar-refractivity contribution is 0.0934. The van der Waals surface area contributed by atoms with Gasteiger partial charge >= 0.3 is 0 Å². The average Bonchev–Trinajstić information content (AvgIpc) is 3.10. The van der Waals surface area contributed by atoms with Crippen molar-refractivity contribution in [2.75, 3.05) is 0 Å². The van der Waals surface area contributed by atoms with Crippen molar-refractivity contribution < 1.29 is 13.6 Å². The molecule has 0 radical (unpaired) electrons. The van der Waals surface area contributed by atoms with Crippen LogP contribution in [0.2, 0.25) is 0 Å². The molecule has 0 aliphatic carbocycles. The molecule has 26 heavy (non-hydrogen) atoms. The van der Waals surface area contributed by atoms with E-state index in [1.165, 1.54) is 18.4 Å². The molecule has 0 bridgehead atoms. The molecular formula is C20H28FN3O2. The number of aromatic nitrogens is 1. The Hall–Kier alpha value is -2.21. The number of amides is 1. The van der Waals surface area contributed by atoms with E-state index < -0.39 is 0 Å². The zero-order chi connectivity index (χ0) is 19.1. The van der Waals surface area contributed by atoms with Crippen molar-refractivity contribution in [1.29, 1.82) is 0 Å². The molecule has 1 heterocycles. The number of oxazole rings is 1. The predicted octanol–water partition coefficient (Wildman–Crippen LogP) is 4.14. The lowest BCUT2D eigenvalue weighted by Crippen LogP contribution is -2.33. The highest BCUT2D eigenvalue weighted by Crippen LogP contribution is 2.16. The molecule has 0 aliphatic heterocycles. The summed E-state index contributed by atoms with van der Waals surface area (Å²) in [4.78, 5) is 18.7. The summed E-state index contributed by atoms with van der Waals surface area (Å²) in [6.45, 7) is 9.35. The first-order valence-corrected chi connectivity index (χ1v) is 9.16. The van der Waals surface area contributed by atoms with Crippen LogP contribution >= 0.6 is 0 Å². The van der Waals surface area contributed by atoms with Crippen LogP contribution in [0.3, 0.4) is 0 Å². The summed E-state index contributed by atoms with van der Waals surface area (Å²) >= 11 is 0.